The smallest absolute Gasteiger partial charge is 0.160 e. The second-order valence-electron chi connectivity index (χ2n) is 4.35. The van der Waals surface area contributed by atoms with E-state index in [-0.39, 0.29) is 24.5 Å². The lowest BCUT2D eigenvalue weighted by Gasteiger charge is -2.06. The summed E-state index contributed by atoms with van der Waals surface area (Å²) in [6.07, 6.45) is 1.84. The molecule has 7 heteroatoms. The number of halogens is 3. The maximum atomic E-state index is 13.5. The Morgan fingerprint density at radius 1 is 0.952 bits per heavy atom. The van der Waals surface area contributed by atoms with Gasteiger partial charge in [0.05, 0.1) is 6.54 Å². The van der Waals surface area contributed by atoms with Crippen LogP contribution in [0, 0.1) is 11.6 Å². The molecule has 0 spiro atoms. The lowest BCUT2D eigenvalue weighted by Crippen LogP contribution is -2.16. The summed E-state index contributed by atoms with van der Waals surface area (Å²) in [4.78, 5) is 0. The van der Waals surface area contributed by atoms with E-state index in [4.69, 9.17) is 0 Å². The Kier molecular flexibility index (Phi) is 4.82. The van der Waals surface area contributed by atoms with Gasteiger partial charge in [0.15, 0.2) is 11.5 Å². The molecular formula is C14H13ClF2N4. The summed E-state index contributed by atoms with van der Waals surface area (Å²) in [6.45, 7) is 0.471. The van der Waals surface area contributed by atoms with Crippen LogP contribution in [0.2, 0.25) is 0 Å². The van der Waals surface area contributed by atoms with Crippen molar-refractivity contribution in [3.8, 4) is 0 Å². The fourth-order valence-electron chi connectivity index (χ4n) is 2.01. The monoisotopic (exact) mass is 310 g/mol. The quantitative estimate of drug-likeness (QED) is 0.805. The van der Waals surface area contributed by atoms with Crippen molar-refractivity contribution in [2.24, 2.45) is 0 Å². The lowest BCUT2D eigenvalue weighted by atomic mass is 10.2. The van der Waals surface area contributed by atoms with Crippen LogP contribution in [0.4, 0.5) is 8.78 Å². The van der Waals surface area contributed by atoms with Gasteiger partial charge in [-0.05, 0) is 24.3 Å². The summed E-state index contributed by atoms with van der Waals surface area (Å²) in [6, 6.07) is 9.42. The number of fused-ring (bicyclic) bond motifs is 1. The molecule has 21 heavy (non-hydrogen) atoms. The second-order valence-corrected chi connectivity index (χ2v) is 4.35. The van der Waals surface area contributed by atoms with Crippen molar-refractivity contribution in [3.05, 3.63) is 65.6 Å². The third-order valence-electron chi connectivity index (χ3n) is 3.03. The van der Waals surface area contributed by atoms with Crippen molar-refractivity contribution in [2.75, 3.05) is 0 Å². The number of rotatable bonds is 4. The van der Waals surface area contributed by atoms with Crippen LogP contribution in [0.5, 0.6) is 0 Å². The van der Waals surface area contributed by atoms with Gasteiger partial charge in [0.25, 0.3) is 0 Å². The number of nitrogens with zero attached hydrogens (tertiary/aromatic N) is 3. The van der Waals surface area contributed by atoms with Gasteiger partial charge in [-0.2, -0.15) is 0 Å². The molecule has 1 N–H and O–H groups in total. The fourth-order valence-corrected chi connectivity index (χ4v) is 2.01. The zero-order valence-corrected chi connectivity index (χ0v) is 11.8. The van der Waals surface area contributed by atoms with Crippen LogP contribution in [-0.4, -0.2) is 14.6 Å². The minimum atomic E-state index is -0.552. The average molecular weight is 311 g/mol. The van der Waals surface area contributed by atoms with Gasteiger partial charge in [0, 0.05) is 18.3 Å². The molecule has 0 radical (unpaired) electrons. The first-order valence-electron chi connectivity index (χ1n) is 6.18. The first-order chi connectivity index (χ1) is 9.75. The summed E-state index contributed by atoms with van der Waals surface area (Å²) in [5.41, 5.74) is 0.766. The van der Waals surface area contributed by atoms with Gasteiger partial charge in [-0.3, -0.25) is 4.40 Å². The van der Waals surface area contributed by atoms with Crippen LogP contribution in [0.1, 0.15) is 11.4 Å². The Bertz CT molecular complexity index is 724. The van der Waals surface area contributed by atoms with E-state index in [9.17, 15) is 8.78 Å². The molecule has 0 saturated carbocycles. The number of benzene rings is 1. The van der Waals surface area contributed by atoms with E-state index in [0.717, 1.165) is 5.65 Å². The Hall–Kier alpha value is -2.05. The first-order valence-corrected chi connectivity index (χ1v) is 6.18. The third-order valence-corrected chi connectivity index (χ3v) is 3.03. The number of aromatic nitrogens is 3. The molecule has 0 amide bonds. The molecule has 3 aromatic rings. The molecule has 0 aliphatic heterocycles. The summed E-state index contributed by atoms with van der Waals surface area (Å²) >= 11 is 0. The molecule has 0 fully saturated rings. The van der Waals surface area contributed by atoms with Crippen molar-refractivity contribution in [1.29, 1.82) is 0 Å². The van der Waals surface area contributed by atoms with Gasteiger partial charge in [0.2, 0.25) is 0 Å². The van der Waals surface area contributed by atoms with Crippen molar-refractivity contribution >= 4 is 18.1 Å². The Labute approximate surface area is 126 Å². The molecule has 0 saturated heterocycles. The highest BCUT2D eigenvalue weighted by atomic mass is 35.5. The molecule has 0 unspecified atom stereocenters. The van der Waals surface area contributed by atoms with Gasteiger partial charge in [-0.15, -0.1) is 22.6 Å². The zero-order chi connectivity index (χ0) is 13.9. The molecule has 110 valence electrons. The molecular weight excluding hydrogens is 298 g/mol. The molecule has 4 nitrogen and oxygen atoms in total. The van der Waals surface area contributed by atoms with Gasteiger partial charge < -0.3 is 5.32 Å². The molecule has 0 aliphatic carbocycles. The summed E-state index contributed by atoms with van der Waals surface area (Å²) in [5.74, 6) is -0.412. The molecule has 3 rings (SSSR count). The van der Waals surface area contributed by atoms with Crippen LogP contribution in [0.15, 0.2) is 42.6 Å². The van der Waals surface area contributed by atoms with Crippen LogP contribution >= 0.6 is 12.4 Å². The van der Waals surface area contributed by atoms with E-state index in [1.54, 1.807) is 0 Å². The molecule has 0 bridgehead atoms. The van der Waals surface area contributed by atoms with Gasteiger partial charge in [-0.25, -0.2) is 8.78 Å². The second kappa shape index (κ2) is 6.60. The molecule has 1 aromatic carbocycles. The highest BCUT2D eigenvalue weighted by molar-refractivity contribution is 5.85. The number of pyridine rings is 1. The van der Waals surface area contributed by atoms with Crippen molar-refractivity contribution in [2.45, 2.75) is 13.1 Å². The largest absolute Gasteiger partial charge is 0.305 e. The van der Waals surface area contributed by atoms with Gasteiger partial charge in [-0.1, -0.05) is 12.1 Å². The molecule has 2 heterocycles. The molecule has 0 aliphatic rings. The number of hydrogen-bond acceptors (Lipinski definition) is 3. The van der Waals surface area contributed by atoms with E-state index in [1.807, 2.05) is 28.8 Å². The topological polar surface area (TPSA) is 42.2 Å². The maximum Gasteiger partial charge on any atom is 0.160 e. The van der Waals surface area contributed by atoms with Crippen molar-refractivity contribution < 1.29 is 8.78 Å². The number of hydrogen-bond donors (Lipinski definition) is 1. The van der Waals surface area contributed by atoms with Crippen LogP contribution in [0.3, 0.4) is 0 Å². The van der Waals surface area contributed by atoms with Crippen molar-refractivity contribution in [1.82, 2.24) is 19.9 Å². The Morgan fingerprint density at radius 3 is 2.48 bits per heavy atom. The normalized spacial score (nSPS) is 10.6. The van der Waals surface area contributed by atoms with E-state index in [1.165, 1.54) is 18.2 Å². The minimum Gasteiger partial charge on any atom is -0.305 e. The van der Waals surface area contributed by atoms with E-state index >= 15 is 0 Å². The fraction of sp³-hybridized carbons (Fsp3) is 0.143. The maximum absolute atomic E-state index is 13.5. The van der Waals surface area contributed by atoms with Crippen LogP contribution in [-0.2, 0) is 13.1 Å². The van der Waals surface area contributed by atoms with E-state index in [2.05, 4.69) is 15.5 Å². The van der Waals surface area contributed by atoms with Crippen LogP contribution in [0.25, 0.3) is 5.65 Å². The highest BCUT2D eigenvalue weighted by Crippen LogP contribution is 2.11. The average Bonchev–Trinajstić information content (AvgIpc) is 2.86. The zero-order valence-electron chi connectivity index (χ0n) is 11.0. The standard InChI is InChI=1S/C14H12F2N4.ClH/c15-11-4-3-5-12(16)10(11)8-17-9-14-19-18-13-6-1-2-7-20(13)14;/h1-7,17H,8-9H2;1H. The number of nitrogens with one attached hydrogen (secondary N) is 1. The van der Waals surface area contributed by atoms with Gasteiger partial charge in [0.1, 0.15) is 11.6 Å². The lowest BCUT2D eigenvalue weighted by molar-refractivity contribution is 0.531. The van der Waals surface area contributed by atoms with E-state index < -0.39 is 11.6 Å². The molecule has 0 atom stereocenters. The molecule has 2 aromatic heterocycles. The summed E-state index contributed by atoms with van der Waals surface area (Å²) in [5, 5.41) is 11.0. The predicted octanol–water partition coefficient (Wildman–Crippen LogP) is 2.72. The predicted molar refractivity (Wildman–Crippen MR) is 77.1 cm³/mol. The summed E-state index contributed by atoms with van der Waals surface area (Å²) < 4.78 is 28.7. The van der Waals surface area contributed by atoms with E-state index in [0.29, 0.717) is 12.4 Å². The van der Waals surface area contributed by atoms with Crippen molar-refractivity contribution in [3.63, 3.8) is 0 Å². The summed E-state index contributed by atoms with van der Waals surface area (Å²) in [7, 11) is 0. The first kappa shape index (κ1) is 15.3. The Morgan fingerprint density at radius 2 is 1.71 bits per heavy atom. The SMILES string of the molecule is Cl.Fc1cccc(F)c1CNCc1nnc2ccccn12. The highest BCUT2D eigenvalue weighted by Gasteiger charge is 2.09. The Balaban J connectivity index is 0.00000161. The van der Waals surface area contributed by atoms with Gasteiger partial charge >= 0.3 is 0 Å². The third kappa shape index (κ3) is 3.17. The van der Waals surface area contributed by atoms with Crippen LogP contribution < -0.4 is 5.32 Å². The minimum absolute atomic E-state index is 0.